The smallest absolute Gasteiger partial charge is 0.309 e. The fraction of sp³-hybridized carbons (Fsp3) is 0.900. The lowest BCUT2D eigenvalue weighted by Crippen LogP contribution is -2.33. The van der Waals surface area contributed by atoms with Gasteiger partial charge in [0, 0.05) is 19.1 Å². The summed E-state index contributed by atoms with van der Waals surface area (Å²) in [6.07, 6.45) is 1.04. The number of carbonyl (C=O) groups excluding carboxylic acids is 1. The zero-order valence-electron chi connectivity index (χ0n) is 9.03. The lowest BCUT2D eigenvalue weighted by molar-refractivity contribution is -0.147. The van der Waals surface area contributed by atoms with Gasteiger partial charge >= 0.3 is 5.97 Å². The molecule has 1 fully saturated rings. The van der Waals surface area contributed by atoms with E-state index in [4.69, 9.17) is 10.5 Å². The molecule has 0 bridgehead atoms. The highest BCUT2D eigenvalue weighted by Gasteiger charge is 2.23. The van der Waals surface area contributed by atoms with Crippen molar-refractivity contribution in [1.29, 1.82) is 0 Å². The van der Waals surface area contributed by atoms with Crippen LogP contribution in [0.5, 0.6) is 0 Å². The fourth-order valence-electron chi connectivity index (χ4n) is 1.77. The van der Waals surface area contributed by atoms with Crippen molar-refractivity contribution in [3.63, 3.8) is 0 Å². The van der Waals surface area contributed by atoms with Gasteiger partial charge in [-0.15, -0.1) is 0 Å². The summed E-state index contributed by atoms with van der Waals surface area (Å²) in [7, 11) is 0. The first kappa shape index (κ1) is 11.5. The number of esters is 1. The first-order chi connectivity index (χ1) is 6.63. The van der Waals surface area contributed by atoms with Gasteiger partial charge in [0.05, 0.1) is 12.5 Å². The summed E-state index contributed by atoms with van der Waals surface area (Å²) in [5.41, 5.74) is 5.78. The van der Waals surface area contributed by atoms with Gasteiger partial charge in [-0.1, -0.05) is 6.92 Å². The largest absolute Gasteiger partial charge is 0.466 e. The van der Waals surface area contributed by atoms with Gasteiger partial charge in [-0.3, -0.25) is 4.79 Å². The maximum atomic E-state index is 11.3. The van der Waals surface area contributed by atoms with Crippen LogP contribution in [0.4, 0.5) is 0 Å². The molecule has 0 amide bonds. The number of rotatable bonds is 4. The van der Waals surface area contributed by atoms with E-state index in [0.717, 1.165) is 26.1 Å². The Bertz CT molecular complexity index is 197. The Morgan fingerprint density at radius 2 is 2.43 bits per heavy atom. The molecule has 1 saturated heterocycles. The van der Waals surface area contributed by atoms with Gasteiger partial charge in [-0.2, -0.15) is 0 Å². The number of likely N-dealkylation sites (tertiary alicyclic amines) is 1. The van der Waals surface area contributed by atoms with E-state index in [1.165, 1.54) is 0 Å². The van der Waals surface area contributed by atoms with Crippen LogP contribution in [-0.2, 0) is 9.53 Å². The molecular formula is C10H20N2O2. The Kier molecular flexibility index (Phi) is 4.35. The van der Waals surface area contributed by atoms with Crippen LogP contribution in [0.1, 0.15) is 20.3 Å². The van der Waals surface area contributed by atoms with E-state index in [1.54, 1.807) is 0 Å². The summed E-state index contributed by atoms with van der Waals surface area (Å²) in [6.45, 7) is 6.88. The lowest BCUT2D eigenvalue weighted by atomic mass is 10.2. The molecule has 0 spiro atoms. The number of carbonyl (C=O) groups is 1. The van der Waals surface area contributed by atoms with Gasteiger partial charge in [0.2, 0.25) is 0 Å². The molecule has 2 N–H and O–H groups in total. The maximum Gasteiger partial charge on any atom is 0.309 e. The lowest BCUT2D eigenvalue weighted by Gasteiger charge is -2.19. The van der Waals surface area contributed by atoms with E-state index in [9.17, 15) is 4.79 Å². The van der Waals surface area contributed by atoms with Crippen LogP contribution in [0.3, 0.4) is 0 Å². The topological polar surface area (TPSA) is 55.6 Å². The van der Waals surface area contributed by atoms with Gasteiger partial charge in [0.25, 0.3) is 0 Å². The van der Waals surface area contributed by atoms with E-state index in [-0.39, 0.29) is 17.9 Å². The van der Waals surface area contributed by atoms with Crippen LogP contribution < -0.4 is 5.73 Å². The SMILES string of the molecule is CCOC(=O)C(C)CN1CC[C@H](N)C1. The third-order valence-corrected chi connectivity index (χ3v) is 2.53. The monoisotopic (exact) mass is 200 g/mol. The molecule has 1 rings (SSSR count). The Morgan fingerprint density at radius 1 is 1.71 bits per heavy atom. The van der Waals surface area contributed by atoms with Crippen LogP contribution in [-0.4, -0.2) is 43.2 Å². The quantitative estimate of drug-likeness (QED) is 0.659. The highest BCUT2D eigenvalue weighted by Crippen LogP contribution is 2.10. The second-order valence-electron chi connectivity index (χ2n) is 3.96. The van der Waals surface area contributed by atoms with E-state index >= 15 is 0 Å². The molecule has 82 valence electrons. The van der Waals surface area contributed by atoms with Crippen LogP contribution in [0, 0.1) is 5.92 Å². The highest BCUT2D eigenvalue weighted by atomic mass is 16.5. The third kappa shape index (κ3) is 3.27. The minimum absolute atomic E-state index is 0.0414. The molecule has 1 aliphatic heterocycles. The molecule has 2 atom stereocenters. The Hall–Kier alpha value is -0.610. The van der Waals surface area contributed by atoms with Gasteiger partial charge in [0.15, 0.2) is 0 Å². The van der Waals surface area contributed by atoms with Crippen molar-refractivity contribution in [3.05, 3.63) is 0 Å². The van der Waals surface area contributed by atoms with Crippen molar-refractivity contribution in [3.8, 4) is 0 Å². The number of hydrogen-bond acceptors (Lipinski definition) is 4. The van der Waals surface area contributed by atoms with Crippen molar-refractivity contribution in [2.75, 3.05) is 26.2 Å². The molecule has 0 aromatic carbocycles. The number of nitrogens with zero attached hydrogens (tertiary/aromatic N) is 1. The van der Waals surface area contributed by atoms with Crippen molar-refractivity contribution in [1.82, 2.24) is 4.90 Å². The van der Waals surface area contributed by atoms with Crippen LogP contribution in [0.25, 0.3) is 0 Å². The minimum atomic E-state index is -0.104. The summed E-state index contributed by atoms with van der Waals surface area (Å²) in [4.78, 5) is 13.6. The van der Waals surface area contributed by atoms with Crippen LogP contribution >= 0.6 is 0 Å². The second kappa shape index (κ2) is 5.32. The summed E-state index contributed by atoms with van der Waals surface area (Å²) < 4.78 is 4.94. The first-order valence-electron chi connectivity index (χ1n) is 5.28. The summed E-state index contributed by atoms with van der Waals surface area (Å²) >= 11 is 0. The van der Waals surface area contributed by atoms with Gasteiger partial charge < -0.3 is 15.4 Å². The molecule has 1 unspecified atom stereocenters. The summed E-state index contributed by atoms with van der Waals surface area (Å²) in [6, 6.07) is 0.282. The zero-order valence-corrected chi connectivity index (χ0v) is 9.03. The highest BCUT2D eigenvalue weighted by molar-refractivity contribution is 5.72. The van der Waals surface area contributed by atoms with Gasteiger partial charge in [0.1, 0.15) is 0 Å². The molecule has 4 heteroatoms. The van der Waals surface area contributed by atoms with E-state index < -0.39 is 0 Å². The maximum absolute atomic E-state index is 11.3. The standard InChI is InChI=1S/C10H20N2O2/c1-3-14-10(13)8(2)6-12-5-4-9(11)7-12/h8-9H,3-7,11H2,1-2H3/t8?,9-/m0/s1. The predicted octanol–water partition coefficient (Wildman–Crippen LogP) is 0.219. The third-order valence-electron chi connectivity index (χ3n) is 2.53. The normalized spacial score (nSPS) is 24.9. The first-order valence-corrected chi connectivity index (χ1v) is 5.28. The second-order valence-corrected chi connectivity index (χ2v) is 3.96. The molecule has 14 heavy (non-hydrogen) atoms. The molecule has 0 aromatic rings. The average Bonchev–Trinajstić information content (AvgIpc) is 2.51. The number of ether oxygens (including phenoxy) is 1. The minimum Gasteiger partial charge on any atom is -0.466 e. The molecule has 4 nitrogen and oxygen atoms in total. The van der Waals surface area contributed by atoms with Crippen molar-refractivity contribution in [2.45, 2.75) is 26.3 Å². The summed E-state index contributed by atoms with van der Waals surface area (Å²) in [5.74, 6) is -0.145. The molecule has 0 aromatic heterocycles. The summed E-state index contributed by atoms with van der Waals surface area (Å²) in [5, 5.41) is 0. The predicted molar refractivity (Wildman–Crippen MR) is 54.8 cm³/mol. The van der Waals surface area contributed by atoms with Crippen molar-refractivity contribution in [2.24, 2.45) is 11.7 Å². The van der Waals surface area contributed by atoms with Gasteiger partial charge in [-0.05, 0) is 19.9 Å². The van der Waals surface area contributed by atoms with Crippen LogP contribution in [0.15, 0.2) is 0 Å². The van der Waals surface area contributed by atoms with E-state index in [1.807, 2.05) is 13.8 Å². The molecule has 1 heterocycles. The molecule has 0 aliphatic carbocycles. The van der Waals surface area contributed by atoms with Gasteiger partial charge in [-0.25, -0.2) is 0 Å². The Morgan fingerprint density at radius 3 is 2.93 bits per heavy atom. The van der Waals surface area contributed by atoms with E-state index in [0.29, 0.717) is 6.61 Å². The number of nitrogens with two attached hydrogens (primary N) is 1. The Balaban J connectivity index is 2.26. The molecule has 0 saturated carbocycles. The van der Waals surface area contributed by atoms with Crippen molar-refractivity contribution < 1.29 is 9.53 Å². The molecule has 1 aliphatic rings. The fourth-order valence-corrected chi connectivity index (χ4v) is 1.77. The number of hydrogen-bond donors (Lipinski definition) is 1. The molecule has 0 radical (unpaired) electrons. The molecular weight excluding hydrogens is 180 g/mol. The van der Waals surface area contributed by atoms with Crippen molar-refractivity contribution >= 4 is 5.97 Å². The average molecular weight is 200 g/mol. The van der Waals surface area contributed by atoms with E-state index in [2.05, 4.69) is 4.90 Å². The zero-order chi connectivity index (χ0) is 10.6. The van der Waals surface area contributed by atoms with Crippen LogP contribution in [0.2, 0.25) is 0 Å². The Labute approximate surface area is 85.4 Å².